The van der Waals surface area contributed by atoms with Gasteiger partial charge in [-0.1, -0.05) is 11.8 Å². The van der Waals surface area contributed by atoms with E-state index in [2.05, 4.69) is 11.8 Å². The number of benzene rings is 1. The predicted octanol–water partition coefficient (Wildman–Crippen LogP) is 0.789. The van der Waals surface area contributed by atoms with Crippen molar-refractivity contribution in [3.8, 4) is 11.8 Å². The molecule has 18 heavy (non-hydrogen) atoms. The third-order valence-electron chi connectivity index (χ3n) is 2.59. The van der Waals surface area contributed by atoms with Crippen molar-refractivity contribution in [1.29, 1.82) is 0 Å². The molecule has 0 radical (unpaired) electrons. The highest BCUT2D eigenvalue weighted by Gasteiger charge is 2.30. The predicted molar refractivity (Wildman–Crippen MR) is 64.1 cm³/mol. The Hall–Kier alpha value is -2.19. The van der Waals surface area contributed by atoms with E-state index < -0.39 is 5.82 Å². The van der Waals surface area contributed by atoms with Crippen LogP contribution in [-0.2, 0) is 9.59 Å². The summed E-state index contributed by atoms with van der Waals surface area (Å²) in [4.78, 5) is 24.0. The van der Waals surface area contributed by atoms with E-state index in [0.717, 1.165) is 11.0 Å². The fraction of sp³-hybridized carbons (Fsp3) is 0.231. The molecule has 5 heteroatoms. The second kappa shape index (κ2) is 4.98. The molecule has 0 bridgehead atoms. The van der Waals surface area contributed by atoms with Gasteiger partial charge in [0, 0.05) is 12.8 Å². The molecule has 92 valence electrons. The minimum Gasteiger partial charge on any atom is -0.320 e. The van der Waals surface area contributed by atoms with Crippen LogP contribution in [-0.4, -0.2) is 18.4 Å². The number of amides is 2. The second-order valence-electron chi connectivity index (χ2n) is 3.79. The molecule has 1 heterocycles. The van der Waals surface area contributed by atoms with Gasteiger partial charge in [-0.3, -0.25) is 14.5 Å². The summed E-state index contributed by atoms with van der Waals surface area (Å²) in [5, 5.41) is 0. The first-order chi connectivity index (χ1) is 8.63. The maximum absolute atomic E-state index is 13.7. The van der Waals surface area contributed by atoms with Crippen molar-refractivity contribution in [2.45, 2.75) is 12.8 Å². The molecule has 2 amide bonds. The van der Waals surface area contributed by atoms with Crippen LogP contribution in [0, 0.1) is 17.7 Å². The molecule has 2 N–H and O–H groups in total. The number of hydrogen-bond donors (Lipinski definition) is 1. The van der Waals surface area contributed by atoms with E-state index in [0.29, 0.717) is 0 Å². The van der Waals surface area contributed by atoms with Crippen LogP contribution < -0.4 is 10.6 Å². The standard InChI is InChI=1S/C13H11FN2O2/c14-11-8-10(4-3-9(11)2-1-7-15)16-12(17)5-6-13(16)18/h3-4,8H,5-7,15H2. The normalized spacial score (nSPS) is 14.7. The smallest absolute Gasteiger partial charge is 0.234 e. The Morgan fingerprint density at radius 2 is 1.94 bits per heavy atom. The lowest BCUT2D eigenvalue weighted by molar-refractivity contribution is -0.121. The molecule has 1 aromatic carbocycles. The summed E-state index contributed by atoms with van der Waals surface area (Å²) in [6.07, 6.45) is 0.352. The first-order valence-corrected chi connectivity index (χ1v) is 5.47. The van der Waals surface area contributed by atoms with Crippen LogP contribution in [0.1, 0.15) is 18.4 Å². The van der Waals surface area contributed by atoms with Crippen LogP contribution in [0.3, 0.4) is 0 Å². The number of hydrogen-bond acceptors (Lipinski definition) is 3. The summed E-state index contributed by atoms with van der Waals surface area (Å²) in [5.41, 5.74) is 5.64. The minimum atomic E-state index is -0.569. The second-order valence-corrected chi connectivity index (χ2v) is 3.79. The van der Waals surface area contributed by atoms with E-state index in [1.54, 1.807) is 0 Å². The largest absolute Gasteiger partial charge is 0.320 e. The average molecular weight is 246 g/mol. The molecule has 0 unspecified atom stereocenters. The highest BCUT2D eigenvalue weighted by atomic mass is 19.1. The highest BCUT2D eigenvalue weighted by molar-refractivity contribution is 6.19. The van der Waals surface area contributed by atoms with Crippen LogP contribution in [0.4, 0.5) is 10.1 Å². The van der Waals surface area contributed by atoms with Crippen molar-refractivity contribution in [1.82, 2.24) is 0 Å². The number of nitrogens with zero attached hydrogens (tertiary/aromatic N) is 1. The van der Waals surface area contributed by atoms with E-state index in [-0.39, 0.29) is 42.5 Å². The van der Waals surface area contributed by atoms with Crippen LogP contribution in [0.15, 0.2) is 18.2 Å². The zero-order valence-electron chi connectivity index (χ0n) is 9.57. The molecule has 1 aliphatic rings. The van der Waals surface area contributed by atoms with Gasteiger partial charge >= 0.3 is 0 Å². The maximum atomic E-state index is 13.7. The molecule has 1 fully saturated rings. The van der Waals surface area contributed by atoms with Gasteiger partial charge in [0.05, 0.1) is 17.8 Å². The third kappa shape index (κ3) is 2.24. The highest BCUT2D eigenvalue weighted by Crippen LogP contribution is 2.24. The molecule has 1 saturated heterocycles. The van der Waals surface area contributed by atoms with Crippen LogP contribution in [0.2, 0.25) is 0 Å². The van der Waals surface area contributed by atoms with Crippen LogP contribution >= 0.6 is 0 Å². The number of carbonyl (C=O) groups is 2. The maximum Gasteiger partial charge on any atom is 0.234 e. The fourth-order valence-corrected chi connectivity index (χ4v) is 1.76. The lowest BCUT2D eigenvalue weighted by Gasteiger charge is -2.13. The zero-order chi connectivity index (χ0) is 13.1. The average Bonchev–Trinajstić information content (AvgIpc) is 2.68. The third-order valence-corrected chi connectivity index (χ3v) is 2.59. The molecule has 2 rings (SSSR count). The molecular weight excluding hydrogens is 235 g/mol. The summed E-state index contributed by atoms with van der Waals surface area (Å²) in [6.45, 7) is 0.143. The zero-order valence-corrected chi connectivity index (χ0v) is 9.57. The van der Waals surface area contributed by atoms with Crippen molar-refractivity contribution in [3.63, 3.8) is 0 Å². The van der Waals surface area contributed by atoms with Crippen molar-refractivity contribution < 1.29 is 14.0 Å². The summed E-state index contributed by atoms with van der Waals surface area (Å²) in [7, 11) is 0. The van der Waals surface area contributed by atoms with Crippen molar-refractivity contribution in [3.05, 3.63) is 29.6 Å². The summed E-state index contributed by atoms with van der Waals surface area (Å²) in [5.74, 6) is 3.94. The molecule has 4 nitrogen and oxygen atoms in total. The Morgan fingerprint density at radius 1 is 1.28 bits per heavy atom. The molecule has 1 aromatic rings. The SMILES string of the molecule is NCC#Cc1ccc(N2C(=O)CCC2=O)cc1F. The van der Waals surface area contributed by atoms with E-state index in [1.165, 1.54) is 12.1 Å². The molecule has 0 atom stereocenters. The molecule has 0 aromatic heterocycles. The number of anilines is 1. The topological polar surface area (TPSA) is 63.4 Å². The van der Waals surface area contributed by atoms with Crippen molar-refractivity contribution in [2.24, 2.45) is 5.73 Å². The van der Waals surface area contributed by atoms with Gasteiger partial charge in [-0.15, -0.1) is 0 Å². The van der Waals surface area contributed by atoms with Crippen molar-refractivity contribution in [2.75, 3.05) is 11.4 Å². The lowest BCUT2D eigenvalue weighted by Crippen LogP contribution is -2.28. The quantitative estimate of drug-likeness (QED) is 0.588. The number of imide groups is 1. The van der Waals surface area contributed by atoms with E-state index in [9.17, 15) is 14.0 Å². The number of carbonyl (C=O) groups excluding carboxylic acids is 2. The number of nitrogens with two attached hydrogens (primary N) is 1. The first kappa shape index (κ1) is 12.3. The van der Waals surface area contributed by atoms with Gasteiger partial charge in [-0.2, -0.15) is 0 Å². The Bertz CT molecular complexity index is 556. The Labute approximate surface area is 104 Å². The fourth-order valence-electron chi connectivity index (χ4n) is 1.76. The molecule has 0 spiro atoms. The molecular formula is C13H11FN2O2. The van der Waals surface area contributed by atoms with Crippen LogP contribution in [0.25, 0.3) is 0 Å². The summed E-state index contributed by atoms with van der Waals surface area (Å²) < 4.78 is 13.7. The molecule has 0 saturated carbocycles. The molecule has 0 aliphatic carbocycles. The van der Waals surface area contributed by atoms with E-state index in [1.807, 2.05) is 0 Å². The number of halogens is 1. The lowest BCUT2D eigenvalue weighted by atomic mass is 10.2. The van der Waals surface area contributed by atoms with Crippen LogP contribution in [0.5, 0.6) is 0 Å². The Morgan fingerprint density at radius 3 is 2.50 bits per heavy atom. The van der Waals surface area contributed by atoms with Gasteiger partial charge in [-0.25, -0.2) is 4.39 Å². The number of rotatable bonds is 1. The van der Waals surface area contributed by atoms with Gasteiger partial charge in [0.1, 0.15) is 5.82 Å². The van der Waals surface area contributed by atoms with Gasteiger partial charge in [-0.05, 0) is 18.2 Å². The van der Waals surface area contributed by atoms with Crippen molar-refractivity contribution >= 4 is 17.5 Å². The first-order valence-electron chi connectivity index (χ1n) is 5.47. The van der Waals surface area contributed by atoms with E-state index in [4.69, 9.17) is 5.73 Å². The molecule has 1 aliphatic heterocycles. The Balaban J connectivity index is 2.34. The van der Waals surface area contributed by atoms with Gasteiger partial charge in [0.15, 0.2) is 0 Å². The van der Waals surface area contributed by atoms with Gasteiger partial charge in [0.2, 0.25) is 11.8 Å². The minimum absolute atomic E-state index is 0.143. The summed E-state index contributed by atoms with van der Waals surface area (Å²) in [6, 6.07) is 4.08. The van der Waals surface area contributed by atoms with Gasteiger partial charge < -0.3 is 5.73 Å². The summed E-state index contributed by atoms with van der Waals surface area (Å²) >= 11 is 0. The van der Waals surface area contributed by atoms with E-state index >= 15 is 0 Å². The van der Waals surface area contributed by atoms with Gasteiger partial charge in [0.25, 0.3) is 0 Å². The Kier molecular flexibility index (Phi) is 3.40. The monoisotopic (exact) mass is 246 g/mol.